The summed E-state index contributed by atoms with van der Waals surface area (Å²) in [6.45, 7) is 9.64. The van der Waals surface area contributed by atoms with E-state index in [1.54, 1.807) is 0 Å². The molecule has 17 nitrogen and oxygen atoms in total. The summed E-state index contributed by atoms with van der Waals surface area (Å²) in [6, 6.07) is 0. The minimum atomic E-state index is -4.96. The van der Waals surface area contributed by atoms with Gasteiger partial charge in [0.2, 0.25) is 0 Å². The second kappa shape index (κ2) is 72.6. The lowest BCUT2D eigenvalue weighted by Gasteiger charge is -2.21. The molecule has 19 heteroatoms. The minimum Gasteiger partial charge on any atom is -0.462 e. The van der Waals surface area contributed by atoms with Crippen molar-refractivity contribution in [2.45, 2.75) is 445 Å². The number of carbonyl (C=O) groups is 4. The predicted octanol–water partition coefficient (Wildman–Crippen LogP) is 24.3. The number of hydrogen-bond donors (Lipinski definition) is 3. The summed E-state index contributed by atoms with van der Waals surface area (Å²) in [5, 5.41) is 10.6. The van der Waals surface area contributed by atoms with Gasteiger partial charge >= 0.3 is 39.5 Å². The number of rotatable bonds is 80. The lowest BCUT2D eigenvalue weighted by molar-refractivity contribution is -0.161. The first kappa shape index (κ1) is 98.1. The van der Waals surface area contributed by atoms with Crippen molar-refractivity contribution in [1.29, 1.82) is 0 Å². The van der Waals surface area contributed by atoms with Gasteiger partial charge < -0.3 is 33.8 Å². The van der Waals surface area contributed by atoms with Crippen LogP contribution in [0.5, 0.6) is 0 Å². The standard InChI is InChI=1S/C81H158O17P2/c1-7-9-11-13-15-17-19-21-23-24-25-26-27-29-33-42-48-54-60-66-81(86)97-76(69-91-78(83)63-57-51-45-39-34-30-31-37-43-49-55-61-73(3)4)71-95-99(87,88)93-67-75(82)68-94-100(89,90)96-72-77(70-92-79(84)64-58-52-46-40-36-35-38-44-50-56-62-74(5)6)98-80(85)65-59-53-47-41-32-28-22-20-18-16-14-12-10-8-2/h73-77,82H,7-72H2,1-6H3,(H,87,88)(H,89,90)/t75-,76-,77-/m1/s1. The van der Waals surface area contributed by atoms with Crippen LogP contribution in [0.15, 0.2) is 0 Å². The fraction of sp³-hybridized carbons (Fsp3) is 0.951. The van der Waals surface area contributed by atoms with E-state index in [1.807, 2.05) is 0 Å². The average Bonchev–Trinajstić information content (AvgIpc) is 0.963. The molecule has 0 aromatic heterocycles. The molecule has 0 radical (unpaired) electrons. The number of aliphatic hydroxyl groups excluding tert-OH is 1. The summed E-state index contributed by atoms with van der Waals surface area (Å²) >= 11 is 0. The van der Waals surface area contributed by atoms with Crippen molar-refractivity contribution in [2.75, 3.05) is 39.6 Å². The zero-order valence-electron chi connectivity index (χ0n) is 65.5. The quantitative estimate of drug-likeness (QED) is 0.0222. The molecule has 5 atom stereocenters. The molecule has 0 rings (SSSR count). The van der Waals surface area contributed by atoms with E-state index in [4.69, 9.17) is 37.0 Å². The zero-order valence-corrected chi connectivity index (χ0v) is 67.3. The number of phosphoric ester groups is 2. The molecule has 3 N–H and O–H groups in total. The Bertz CT molecular complexity index is 1920. The average molecular weight is 1470 g/mol. The van der Waals surface area contributed by atoms with E-state index in [2.05, 4.69) is 41.5 Å². The lowest BCUT2D eigenvalue weighted by Crippen LogP contribution is -2.30. The fourth-order valence-corrected chi connectivity index (χ4v) is 14.1. The zero-order chi connectivity index (χ0) is 73.5. The monoisotopic (exact) mass is 1470 g/mol. The van der Waals surface area contributed by atoms with Gasteiger partial charge in [-0.25, -0.2) is 9.13 Å². The highest BCUT2D eigenvalue weighted by Gasteiger charge is 2.30. The SMILES string of the molecule is CCCCCCCCCCCCCCCCCCCCCC(=O)O[C@H](COC(=O)CCCCCCCCCCCCCC(C)C)COP(=O)(O)OC[C@@H](O)COP(=O)(O)OC[C@@H](COC(=O)CCCCCCCCCCCCC(C)C)OC(=O)CCCCCCCCCCCCCCCC. The molecule has 0 saturated carbocycles. The maximum absolute atomic E-state index is 13.1. The number of esters is 4. The Hall–Kier alpha value is -1.94. The fourth-order valence-electron chi connectivity index (χ4n) is 12.5. The van der Waals surface area contributed by atoms with Crippen LogP contribution in [0.4, 0.5) is 0 Å². The number of carbonyl (C=O) groups excluding carboxylic acids is 4. The number of phosphoric acid groups is 2. The first-order valence-corrected chi connectivity index (χ1v) is 45.0. The van der Waals surface area contributed by atoms with Crippen molar-refractivity contribution in [2.24, 2.45) is 11.8 Å². The van der Waals surface area contributed by atoms with Crippen LogP contribution >= 0.6 is 15.6 Å². The highest BCUT2D eigenvalue weighted by atomic mass is 31.2. The molecule has 0 aromatic rings. The number of ether oxygens (including phenoxy) is 4. The van der Waals surface area contributed by atoms with Gasteiger partial charge in [-0.05, 0) is 37.5 Å². The molecule has 0 aliphatic carbocycles. The third-order valence-electron chi connectivity index (χ3n) is 19.0. The van der Waals surface area contributed by atoms with Crippen molar-refractivity contribution in [3.05, 3.63) is 0 Å². The van der Waals surface area contributed by atoms with E-state index < -0.39 is 97.5 Å². The topological polar surface area (TPSA) is 237 Å². The molecule has 0 saturated heterocycles. The van der Waals surface area contributed by atoms with Crippen molar-refractivity contribution in [3.8, 4) is 0 Å². The Morgan fingerprint density at radius 3 is 0.680 bits per heavy atom. The molecule has 0 heterocycles. The van der Waals surface area contributed by atoms with Crippen LogP contribution in [0.2, 0.25) is 0 Å². The summed E-state index contributed by atoms with van der Waals surface area (Å²) in [4.78, 5) is 73.1. The van der Waals surface area contributed by atoms with E-state index in [0.29, 0.717) is 25.7 Å². The van der Waals surface area contributed by atoms with E-state index in [0.717, 1.165) is 102 Å². The molecule has 2 unspecified atom stereocenters. The van der Waals surface area contributed by atoms with Gasteiger partial charge in [-0.15, -0.1) is 0 Å². The highest BCUT2D eigenvalue weighted by molar-refractivity contribution is 7.47. The van der Waals surface area contributed by atoms with Crippen LogP contribution in [0.1, 0.15) is 427 Å². The van der Waals surface area contributed by atoms with Gasteiger partial charge in [-0.2, -0.15) is 0 Å². The Kier molecular flexibility index (Phi) is 71.2. The Morgan fingerprint density at radius 2 is 0.460 bits per heavy atom. The molecule has 594 valence electrons. The maximum atomic E-state index is 13.1. The van der Waals surface area contributed by atoms with E-state index >= 15 is 0 Å². The highest BCUT2D eigenvalue weighted by Crippen LogP contribution is 2.45. The van der Waals surface area contributed by atoms with Crippen LogP contribution in [-0.4, -0.2) is 96.7 Å². The Balaban J connectivity index is 5.26. The van der Waals surface area contributed by atoms with Crippen LogP contribution in [0, 0.1) is 11.8 Å². The molecule has 0 aliphatic rings. The maximum Gasteiger partial charge on any atom is 0.472 e. The second-order valence-corrected chi connectivity index (χ2v) is 33.0. The van der Waals surface area contributed by atoms with Gasteiger partial charge in [0.15, 0.2) is 12.2 Å². The molecule has 0 spiro atoms. The third kappa shape index (κ3) is 74.3. The molecule has 100 heavy (non-hydrogen) atoms. The van der Waals surface area contributed by atoms with Gasteiger partial charge in [0.25, 0.3) is 0 Å². The molecular weight excluding hydrogens is 1310 g/mol. The Morgan fingerprint density at radius 1 is 0.270 bits per heavy atom. The van der Waals surface area contributed by atoms with E-state index in [-0.39, 0.29) is 25.7 Å². The Labute approximate surface area is 613 Å². The van der Waals surface area contributed by atoms with Gasteiger partial charge in [-0.3, -0.25) is 37.3 Å². The second-order valence-electron chi connectivity index (χ2n) is 30.1. The third-order valence-corrected chi connectivity index (χ3v) is 20.9. The van der Waals surface area contributed by atoms with Gasteiger partial charge in [-0.1, -0.05) is 375 Å². The molecule has 0 bridgehead atoms. The van der Waals surface area contributed by atoms with E-state index in [9.17, 15) is 43.2 Å². The predicted molar refractivity (Wildman–Crippen MR) is 409 cm³/mol. The van der Waals surface area contributed by atoms with Crippen molar-refractivity contribution >= 4 is 39.5 Å². The number of unbranched alkanes of at least 4 members (excludes halogenated alkanes) is 50. The minimum absolute atomic E-state index is 0.108. The molecular formula is C81H158O17P2. The van der Waals surface area contributed by atoms with Crippen LogP contribution in [0.3, 0.4) is 0 Å². The largest absolute Gasteiger partial charge is 0.472 e. The number of hydrogen-bond acceptors (Lipinski definition) is 15. The molecule has 0 amide bonds. The molecule has 0 aromatic carbocycles. The molecule has 0 fully saturated rings. The van der Waals surface area contributed by atoms with Crippen LogP contribution in [0.25, 0.3) is 0 Å². The first-order valence-electron chi connectivity index (χ1n) is 42.0. The summed E-state index contributed by atoms with van der Waals surface area (Å²) in [7, 11) is -9.92. The van der Waals surface area contributed by atoms with Crippen molar-refractivity contribution in [1.82, 2.24) is 0 Å². The van der Waals surface area contributed by atoms with Crippen molar-refractivity contribution in [3.63, 3.8) is 0 Å². The van der Waals surface area contributed by atoms with Gasteiger partial charge in [0, 0.05) is 25.7 Å². The summed E-state index contributed by atoms with van der Waals surface area (Å²) in [5.41, 5.74) is 0. The van der Waals surface area contributed by atoms with Crippen molar-refractivity contribution < 1.29 is 80.2 Å². The van der Waals surface area contributed by atoms with Gasteiger partial charge in [0.1, 0.15) is 19.3 Å². The normalized spacial score (nSPS) is 13.9. The summed E-state index contributed by atoms with van der Waals surface area (Å²) in [6.07, 6.45) is 62.3. The molecule has 0 aliphatic heterocycles. The smallest absolute Gasteiger partial charge is 0.462 e. The summed E-state index contributed by atoms with van der Waals surface area (Å²) in [5.74, 6) is -0.577. The first-order chi connectivity index (χ1) is 48.4. The number of aliphatic hydroxyl groups is 1. The van der Waals surface area contributed by atoms with Gasteiger partial charge in [0.05, 0.1) is 26.4 Å². The summed E-state index contributed by atoms with van der Waals surface area (Å²) < 4.78 is 68.8. The van der Waals surface area contributed by atoms with Crippen LogP contribution in [-0.2, 0) is 65.4 Å². The van der Waals surface area contributed by atoms with Crippen LogP contribution < -0.4 is 0 Å². The van der Waals surface area contributed by atoms with E-state index in [1.165, 1.54) is 244 Å². The lowest BCUT2D eigenvalue weighted by atomic mass is 10.0.